The van der Waals surface area contributed by atoms with Crippen LogP contribution < -0.4 is 5.32 Å². The molecular weight excluding hydrogens is 340 g/mol. The predicted octanol–water partition coefficient (Wildman–Crippen LogP) is 4.52. The topological polar surface area (TPSA) is 90.1 Å². The molecule has 3 aromatic rings. The lowest BCUT2D eigenvalue weighted by molar-refractivity contribution is 0.0636. The molecule has 25 heavy (non-hydrogen) atoms. The van der Waals surface area contributed by atoms with E-state index in [1.807, 2.05) is 30.3 Å². The number of ether oxygens (including phenoxy) is 1. The van der Waals surface area contributed by atoms with E-state index in [2.05, 4.69) is 20.4 Å². The maximum absolute atomic E-state index is 12.0. The van der Waals surface area contributed by atoms with Gasteiger partial charge in [-0.25, -0.2) is 9.78 Å². The van der Waals surface area contributed by atoms with Crippen LogP contribution in [0, 0.1) is 6.92 Å². The van der Waals surface area contributed by atoms with Crippen LogP contribution in [0.1, 0.15) is 26.6 Å². The molecule has 7 nitrogen and oxygen atoms in total. The van der Waals surface area contributed by atoms with E-state index in [4.69, 9.17) is 9.26 Å². The highest BCUT2D eigenvalue weighted by Gasteiger charge is 2.22. The first-order valence-electron chi connectivity index (χ1n) is 7.69. The first kappa shape index (κ1) is 17.1. The number of hydrogen-bond donors (Lipinski definition) is 1. The maximum atomic E-state index is 12.0. The van der Waals surface area contributed by atoms with E-state index in [1.165, 1.54) is 11.3 Å². The van der Waals surface area contributed by atoms with Crippen molar-refractivity contribution in [1.29, 1.82) is 0 Å². The molecule has 0 atom stereocenters. The van der Waals surface area contributed by atoms with Crippen LogP contribution in [-0.2, 0) is 4.74 Å². The molecule has 0 radical (unpaired) electrons. The van der Waals surface area contributed by atoms with E-state index in [0.717, 1.165) is 5.56 Å². The Balaban J connectivity index is 1.96. The predicted molar refractivity (Wildman–Crippen MR) is 95.4 cm³/mol. The van der Waals surface area contributed by atoms with E-state index >= 15 is 0 Å². The molecule has 3 rings (SSSR count). The summed E-state index contributed by atoms with van der Waals surface area (Å²) in [6, 6.07) is 9.61. The minimum Gasteiger partial charge on any atom is -0.444 e. The van der Waals surface area contributed by atoms with Crippen molar-refractivity contribution in [2.24, 2.45) is 0 Å². The van der Waals surface area contributed by atoms with Crippen molar-refractivity contribution in [3.8, 4) is 22.0 Å². The number of aromatic nitrogens is 3. The molecule has 0 bridgehead atoms. The van der Waals surface area contributed by atoms with Crippen molar-refractivity contribution in [3.63, 3.8) is 0 Å². The number of amides is 1. The number of carbonyl (C=O) groups is 1. The van der Waals surface area contributed by atoms with E-state index in [1.54, 1.807) is 27.7 Å². The van der Waals surface area contributed by atoms with Crippen LogP contribution in [0.15, 0.2) is 34.9 Å². The summed E-state index contributed by atoms with van der Waals surface area (Å²) in [5.74, 6) is 0.898. The van der Waals surface area contributed by atoms with Gasteiger partial charge in [-0.3, -0.25) is 5.32 Å². The molecule has 2 heterocycles. The Hall–Kier alpha value is -2.74. The second-order valence-corrected chi connectivity index (χ2v) is 7.34. The van der Waals surface area contributed by atoms with Crippen molar-refractivity contribution in [2.75, 3.05) is 5.32 Å². The van der Waals surface area contributed by atoms with Crippen molar-refractivity contribution < 1.29 is 14.1 Å². The van der Waals surface area contributed by atoms with Gasteiger partial charge < -0.3 is 9.26 Å². The first-order chi connectivity index (χ1) is 11.8. The molecule has 0 fully saturated rings. The lowest BCUT2D eigenvalue weighted by atomic mass is 10.1. The summed E-state index contributed by atoms with van der Waals surface area (Å²) in [4.78, 5) is 21.5. The van der Waals surface area contributed by atoms with Crippen LogP contribution >= 0.6 is 11.3 Å². The lowest BCUT2D eigenvalue weighted by Gasteiger charge is -2.18. The number of nitrogens with zero attached hydrogens (tertiary/aromatic N) is 3. The van der Waals surface area contributed by atoms with Crippen LogP contribution in [-0.4, -0.2) is 26.8 Å². The van der Waals surface area contributed by atoms with Gasteiger partial charge in [0.2, 0.25) is 0 Å². The van der Waals surface area contributed by atoms with Crippen molar-refractivity contribution in [2.45, 2.75) is 33.3 Å². The van der Waals surface area contributed by atoms with Gasteiger partial charge in [-0.2, -0.15) is 4.98 Å². The second-order valence-electron chi connectivity index (χ2n) is 6.34. The minimum atomic E-state index is -0.587. The monoisotopic (exact) mass is 358 g/mol. The summed E-state index contributed by atoms with van der Waals surface area (Å²) in [7, 11) is 0. The fourth-order valence-corrected chi connectivity index (χ4v) is 2.99. The third kappa shape index (κ3) is 4.21. The average Bonchev–Trinajstić information content (AvgIpc) is 3.12. The molecule has 8 heteroatoms. The fourth-order valence-electron chi connectivity index (χ4n) is 2.09. The van der Waals surface area contributed by atoms with Crippen LogP contribution in [0.4, 0.5) is 9.93 Å². The number of rotatable bonds is 3. The maximum Gasteiger partial charge on any atom is 0.413 e. The van der Waals surface area contributed by atoms with Crippen LogP contribution in [0.25, 0.3) is 22.0 Å². The molecule has 0 unspecified atom stereocenters. The number of anilines is 1. The number of benzene rings is 1. The molecule has 1 aromatic carbocycles. The Morgan fingerprint density at radius 2 is 1.92 bits per heavy atom. The molecular formula is C17H18N4O3S. The van der Waals surface area contributed by atoms with Crippen LogP contribution in [0.2, 0.25) is 0 Å². The lowest BCUT2D eigenvalue weighted by Crippen LogP contribution is -2.27. The molecule has 1 amide bonds. The second kappa shape index (κ2) is 6.64. The summed E-state index contributed by atoms with van der Waals surface area (Å²) >= 11 is 1.26. The minimum absolute atomic E-state index is 0.367. The number of thiazole rings is 1. The Labute approximate surface area is 149 Å². The highest BCUT2D eigenvalue weighted by atomic mass is 32.1. The standard InChI is InChI=1S/C17H18N4O3S/c1-10-18-14(24-21-10)13-12(11-8-6-5-7-9-11)19-15(25-13)20-16(22)23-17(2,3)4/h5-9H,1-4H3,(H,19,20,22). The van der Waals surface area contributed by atoms with Gasteiger partial charge in [-0.15, -0.1) is 0 Å². The average molecular weight is 358 g/mol. The zero-order valence-corrected chi connectivity index (χ0v) is 15.2. The van der Waals surface area contributed by atoms with Crippen LogP contribution in [0.5, 0.6) is 0 Å². The summed E-state index contributed by atoms with van der Waals surface area (Å²) in [5.41, 5.74) is 0.970. The molecule has 0 spiro atoms. The molecule has 0 saturated heterocycles. The smallest absolute Gasteiger partial charge is 0.413 e. The fraction of sp³-hybridized carbons (Fsp3) is 0.294. The molecule has 1 N–H and O–H groups in total. The van der Waals surface area contributed by atoms with E-state index in [-0.39, 0.29) is 0 Å². The van der Waals surface area contributed by atoms with Crippen molar-refractivity contribution in [3.05, 3.63) is 36.2 Å². The Morgan fingerprint density at radius 3 is 2.52 bits per heavy atom. The van der Waals surface area contributed by atoms with E-state index < -0.39 is 11.7 Å². The normalized spacial score (nSPS) is 11.4. The van der Waals surface area contributed by atoms with Crippen LogP contribution in [0.3, 0.4) is 0 Å². The number of nitrogens with one attached hydrogen (secondary N) is 1. The van der Waals surface area contributed by atoms with Gasteiger partial charge in [0.25, 0.3) is 5.89 Å². The summed E-state index contributed by atoms with van der Waals surface area (Å²) in [6.45, 7) is 7.15. The molecule has 0 saturated carbocycles. The number of carbonyl (C=O) groups excluding carboxylic acids is 1. The first-order valence-corrected chi connectivity index (χ1v) is 8.50. The van der Waals surface area contributed by atoms with Gasteiger partial charge in [0.15, 0.2) is 11.0 Å². The summed E-state index contributed by atoms with van der Waals surface area (Å²) in [5, 5.41) is 6.89. The largest absolute Gasteiger partial charge is 0.444 e. The Bertz CT molecular complexity index is 881. The highest BCUT2D eigenvalue weighted by molar-refractivity contribution is 7.19. The molecule has 0 aliphatic heterocycles. The van der Waals surface area contributed by atoms with E-state index in [0.29, 0.717) is 27.4 Å². The third-order valence-corrected chi connectivity index (χ3v) is 3.96. The van der Waals surface area contributed by atoms with Gasteiger partial charge in [0, 0.05) is 5.56 Å². The zero-order valence-electron chi connectivity index (χ0n) is 14.4. The van der Waals surface area contributed by atoms with Gasteiger partial charge in [-0.1, -0.05) is 46.8 Å². The number of aryl methyl sites for hydroxylation is 1. The van der Waals surface area contributed by atoms with E-state index in [9.17, 15) is 4.79 Å². The van der Waals surface area contributed by atoms with Gasteiger partial charge >= 0.3 is 6.09 Å². The van der Waals surface area contributed by atoms with Gasteiger partial charge in [0.1, 0.15) is 10.5 Å². The third-order valence-electron chi connectivity index (χ3n) is 3.00. The van der Waals surface area contributed by atoms with Crippen molar-refractivity contribution in [1.82, 2.24) is 15.1 Å². The molecule has 2 aromatic heterocycles. The summed E-state index contributed by atoms with van der Waals surface area (Å²) < 4.78 is 10.5. The number of hydrogen-bond acceptors (Lipinski definition) is 7. The van der Waals surface area contributed by atoms with Gasteiger partial charge in [0.05, 0.1) is 5.69 Å². The zero-order chi connectivity index (χ0) is 18.0. The summed E-state index contributed by atoms with van der Waals surface area (Å²) in [6.07, 6.45) is -0.561. The van der Waals surface area contributed by atoms with Crippen molar-refractivity contribution >= 4 is 22.6 Å². The molecule has 130 valence electrons. The molecule has 0 aliphatic carbocycles. The molecule has 0 aliphatic rings. The Morgan fingerprint density at radius 1 is 1.20 bits per heavy atom. The van der Waals surface area contributed by atoms with Gasteiger partial charge in [-0.05, 0) is 27.7 Å². The highest BCUT2D eigenvalue weighted by Crippen LogP contribution is 2.38. The SMILES string of the molecule is Cc1noc(-c2sc(NC(=O)OC(C)(C)C)nc2-c2ccccc2)n1. The Kier molecular flexibility index (Phi) is 4.54. The quantitative estimate of drug-likeness (QED) is 0.740.